The lowest BCUT2D eigenvalue weighted by molar-refractivity contribution is 0.0388. The molecule has 1 aliphatic rings. The fourth-order valence-corrected chi connectivity index (χ4v) is 2.62. The van der Waals surface area contributed by atoms with Gasteiger partial charge in [0.1, 0.15) is 5.75 Å². The lowest BCUT2D eigenvalue weighted by atomic mass is 10.1. The van der Waals surface area contributed by atoms with Gasteiger partial charge < -0.3 is 4.74 Å². The van der Waals surface area contributed by atoms with E-state index < -0.39 is 0 Å². The Balaban J connectivity index is 1.74. The van der Waals surface area contributed by atoms with Gasteiger partial charge in [-0.05, 0) is 25.0 Å². The molecule has 3 heteroatoms. The third-order valence-corrected chi connectivity index (χ3v) is 3.76. The quantitative estimate of drug-likeness (QED) is 0.845. The molecule has 21 heavy (non-hydrogen) atoms. The Bertz CT molecular complexity index is 523. The third kappa shape index (κ3) is 4.06. The summed E-state index contributed by atoms with van der Waals surface area (Å²) in [6.07, 6.45) is 3.68. The molecule has 0 spiro atoms. The van der Waals surface area contributed by atoms with Crippen LogP contribution in [0.2, 0.25) is 0 Å². The van der Waals surface area contributed by atoms with E-state index in [1.165, 1.54) is 19.3 Å². The second kappa shape index (κ2) is 7.25. The smallest absolute Gasteiger partial charge is 0.188 e. The summed E-state index contributed by atoms with van der Waals surface area (Å²) in [5.41, 5.74) is 4.68. The highest BCUT2D eigenvalue weighted by Gasteiger charge is 2.18. The summed E-state index contributed by atoms with van der Waals surface area (Å²) in [5, 5.41) is 2.28. The van der Waals surface area contributed by atoms with Crippen molar-refractivity contribution < 1.29 is 4.74 Å². The van der Waals surface area contributed by atoms with E-state index in [4.69, 9.17) is 4.74 Å². The molecular weight excluding hydrogens is 260 g/mol. The maximum atomic E-state index is 6.15. The van der Waals surface area contributed by atoms with E-state index in [1.54, 1.807) is 0 Å². The molecule has 1 fully saturated rings. The molecule has 1 N–H and O–H groups in total. The van der Waals surface area contributed by atoms with Crippen molar-refractivity contribution in [3.05, 3.63) is 66.2 Å². The van der Waals surface area contributed by atoms with Crippen LogP contribution in [0.3, 0.4) is 0 Å². The maximum Gasteiger partial charge on any atom is 0.188 e. The van der Waals surface area contributed by atoms with Gasteiger partial charge >= 0.3 is 0 Å². The molecule has 0 bridgehead atoms. The van der Waals surface area contributed by atoms with Gasteiger partial charge in [-0.1, -0.05) is 55.0 Å². The first-order valence-corrected chi connectivity index (χ1v) is 7.69. The van der Waals surface area contributed by atoms with Crippen LogP contribution in [0, 0.1) is 0 Å². The highest BCUT2D eigenvalue weighted by Crippen LogP contribution is 2.21. The topological polar surface area (TPSA) is 24.5 Å². The molecule has 0 saturated carbocycles. The second-order valence-corrected chi connectivity index (χ2v) is 5.40. The molecule has 0 aromatic heterocycles. The van der Waals surface area contributed by atoms with Gasteiger partial charge in [0.05, 0.1) is 0 Å². The maximum absolute atomic E-state index is 6.15. The van der Waals surface area contributed by atoms with Crippen molar-refractivity contribution in [2.24, 2.45) is 0 Å². The highest BCUT2D eigenvalue weighted by atomic mass is 16.5. The first-order chi connectivity index (χ1) is 10.4. The minimum atomic E-state index is -0.147. The molecule has 0 amide bonds. The average molecular weight is 282 g/mol. The number of ether oxygens (including phenoxy) is 1. The number of nitrogens with zero attached hydrogens (tertiary/aromatic N) is 1. The summed E-state index contributed by atoms with van der Waals surface area (Å²) < 4.78 is 6.15. The van der Waals surface area contributed by atoms with Crippen molar-refractivity contribution in [2.75, 3.05) is 13.1 Å². The van der Waals surface area contributed by atoms with Crippen LogP contribution >= 0.6 is 0 Å². The zero-order valence-electron chi connectivity index (χ0n) is 12.2. The number of para-hydroxylation sites is 1. The lowest BCUT2D eigenvalue weighted by Gasteiger charge is -2.32. The van der Waals surface area contributed by atoms with Crippen LogP contribution in [0.25, 0.3) is 0 Å². The number of hydrazine groups is 1. The van der Waals surface area contributed by atoms with Crippen molar-refractivity contribution >= 4 is 0 Å². The van der Waals surface area contributed by atoms with Crippen LogP contribution in [0.15, 0.2) is 60.7 Å². The van der Waals surface area contributed by atoms with Gasteiger partial charge in [0.2, 0.25) is 0 Å². The van der Waals surface area contributed by atoms with Gasteiger partial charge in [-0.15, -0.1) is 0 Å². The van der Waals surface area contributed by atoms with E-state index in [2.05, 4.69) is 34.7 Å². The van der Waals surface area contributed by atoms with E-state index in [0.717, 1.165) is 24.4 Å². The molecule has 1 unspecified atom stereocenters. The summed E-state index contributed by atoms with van der Waals surface area (Å²) in [7, 11) is 0. The van der Waals surface area contributed by atoms with Gasteiger partial charge in [-0.25, -0.2) is 10.4 Å². The average Bonchev–Trinajstić information content (AvgIpc) is 2.57. The first kappa shape index (κ1) is 14.1. The molecule has 0 radical (unpaired) electrons. The fourth-order valence-electron chi connectivity index (χ4n) is 2.62. The highest BCUT2D eigenvalue weighted by molar-refractivity contribution is 5.24. The zero-order chi connectivity index (χ0) is 14.3. The molecule has 0 aliphatic carbocycles. The van der Waals surface area contributed by atoms with E-state index in [-0.39, 0.29) is 6.23 Å². The monoisotopic (exact) mass is 282 g/mol. The SMILES string of the molecule is c1ccc(OC(NN2CCCCC2)c2ccccc2)cc1. The predicted molar refractivity (Wildman–Crippen MR) is 84.8 cm³/mol. The van der Waals surface area contributed by atoms with E-state index in [9.17, 15) is 0 Å². The van der Waals surface area contributed by atoms with Gasteiger partial charge in [0.25, 0.3) is 0 Å². The van der Waals surface area contributed by atoms with E-state index in [1.807, 2.05) is 36.4 Å². The van der Waals surface area contributed by atoms with E-state index >= 15 is 0 Å². The number of rotatable bonds is 5. The Morgan fingerprint density at radius 2 is 1.43 bits per heavy atom. The van der Waals surface area contributed by atoms with Crippen LogP contribution in [-0.4, -0.2) is 18.1 Å². The molecule has 110 valence electrons. The fraction of sp³-hybridized carbons (Fsp3) is 0.333. The number of hydrogen-bond donors (Lipinski definition) is 1. The zero-order valence-corrected chi connectivity index (χ0v) is 12.2. The Morgan fingerprint density at radius 3 is 2.10 bits per heavy atom. The summed E-state index contributed by atoms with van der Waals surface area (Å²) >= 11 is 0. The van der Waals surface area contributed by atoms with Crippen molar-refractivity contribution in [1.82, 2.24) is 10.4 Å². The van der Waals surface area contributed by atoms with Crippen LogP contribution in [0.5, 0.6) is 5.75 Å². The van der Waals surface area contributed by atoms with Crippen molar-refractivity contribution in [1.29, 1.82) is 0 Å². The molecule has 1 heterocycles. The normalized spacial score (nSPS) is 17.3. The lowest BCUT2D eigenvalue weighted by Crippen LogP contribution is -2.45. The number of nitrogens with one attached hydrogen (secondary N) is 1. The summed E-state index contributed by atoms with van der Waals surface area (Å²) in [6.45, 7) is 2.17. The number of benzene rings is 2. The van der Waals surface area contributed by atoms with Crippen LogP contribution < -0.4 is 10.2 Å². The molecule has 2 aromatic carbocycles. The third-order valence-electron chi connectivity index (χ3n) is 3.76. The van der Waals surface area contributed by atoms with Gasteiger partial charge in [-0.3, -0.25) is 0 Å². The summed E-state index contributed by atoms with van der Waals surface area (Å²) in [6, 6.07) is 20.3. The molecule has 1 saturated heterocycles. The van der Waals surface area contributed by atoms with E-state index in [0.29, 0.717) is 0 Å². The van der Waals surface area contributed by atoms with Gasteiger partial charge in [0.15, 0.2) is 6.23 Å². The van der Waals surface area contributed by atoms with Crippen LogP contribution in [0.4, 0.5) is 0 Å². The van der Waals surface area contributed by atoms with Crippen molar-refractivity contribution in [3.8, 4) is 5.75 Å². The van der Waals surface area contributed by atoms with Gasteiger partial charge in [-0.2, -0.15) is 0 Å². The molecule has 1 aliphatic heterocycles. The van der Waals surface area contributed by atoms with Crippen LogP contribution in [-0.2, 0) is 0 Å². The Morgan fingerprint density at radius 1 is 0.810 bits per heavy atom. The van der Waals surface area contributed by atoms with Crippen molar-refractivity contribution in [3.63, 3.8) is 0 Å². The minimum absolute atomic E-state index is 0.147. The Kier molecular flexibility index (Phi) is 4.87. The van der Waals surface area contributed by atoms with Crippen LogP contribution in [0.1, 0.15) is 31.1 Å². The second-order valence-electron chi connectivity index (χ2n) is 5.40. The first-order valence-electron chi connectivity index (χ1n) is 7.69. The Hall–Kier alpha value is -1.84. The standard InChI is InChI=1S/C18H22N2O/c1-4-10-16(11-5-1)18(19-20-14-8-3-9-15-20)21-17-12-6-2-7-13-17/h1-2,4-7,10-13,18-19H,3,8-9,14-15H2. The largest absolute Gasteiger partial charge is 0.470 e. The number of piperidine rings is 1. The predicted octanol–water partition coefficient (Wildman–Crippen LogP) is 3.75. The molecule has 1 atom stereocenters. The summed E-state index contributed by atoms with van der Waals surface area (Å²) in [4.78, 5) is 0. The Labute approximate surface area is 126 Å². The van der Waals surface area contributed by atoms with Gasteiger partial charge in [0, 0.05) is 18.7 Å². The summed E-state index contributed by atoms with van der Waals surface area (Å²) in [5.74, 6) is 0.885. The molecule has 3 rings (SSSR count). The molecule has 2 aromatic rings. The minimum Gasteiger partial charge on any atom is -0.470 e. The molecular formula is C18H22N2O. The van der Waals surface area contributed by atoms with Crippen molar-refractivity contribution in [2.45, 2.75) is 25.5 Å². The number of hydrogen-bond acceptors (Lipinski definition) is 3. The molecule has 3 nitrogen and oxygen atoms in total.